The van der Waals surface area contributed by atoms with E-state index >= 15 is 0 Å². The van der Waals surface area contributed by atoms with Crippen molar-refractivity contribution in [2.75, 3.05) is 11.9 Å². The van der Waals surface area contributed by atoms with Gasteiger partial charge in [-0.05, 0) is 43.2 Å². The predicted molar refractivity (Wildman–Crippen MR) is 100 cm³/mol. The summed E-state index contributed by atoms with van der Waals surface area (Å²) in [7, 11) is 0. The number of hydrogen-bond donors (Lipinski definition) is 2. The maximum atomic E-state index is 12.6. The first kappa shape index (κ1) is 16.3. The number of benzene rings is 1. The Morgan fingerprint density at radius 1 is 1.27 bits per heavy atom. The predicted octanol–water partition coefficient (Wildman–Crippen LogP) is 3.23. The highest BCUT2D eigenvalue weighted by Crippen LogP contribution is 2.30. The van der Waals surface area contributed by atoms with Gasteiger partial charge < -0.3 is 15.2 Å². The summed E-state index contributed by atoms with van der Waals surface area (Å²) < 4.78 is 2.04. The molecule has 1 aliphatic heterocycles. The standard InChI is InChI=1S/C20H20N4O2/c1-12-10-22-20(26)18-8-14-5-6-15(9-17(14)24(18)13(12)2)19(25)23-16-4-3-7-21-11-16/h3-9,11-13H,10H2,1-2H3,(H,22,26)(H,23,25)/t12-,13+/m0/s1. The summed E-state index contributed by atoms with van der Waals surface area (Å²) in [5.41, 5.74) is 2.73. The minimum absolute atomic E-state index is 0.0706. The molecule has 0 aliphatic carbocycles. The van der Waals surface area contributed by atoms with Crippen molar-refractivity contribution in [1.29, 1.82) is 0 Å². The Labute approximate surface area is 151 Å². The van der Waals surface area contributed by atoms with Crippen LogP contribution in [-0.2, 0) is 0 Å². The lowest BCUT2D eigenvalue weighted by atomic mass is 10.0. The van der Waals surface area contributed by atoms with Crippen LogP contribution < -0.4 is 10.6 Å². The summed E-state index contributed by atoms with van der Waals surface area (Å²) in [6.45, 7) is 4.87. The minimum Gasteiger partial charge on any atom is -0.350 e. The van der Waals surface area contributed by atoms with Crippen LogP contribution in [-0.4, -0.2) is 27.9 Å². The van der Waals surface area contributed by atoms with E-state index in [1.807, 2.05) is 22.8 Å². The zero-order valence-electron chi connectivity index (χ0n) is 14.7. The van der Waals surface area contributed by atoms with Crippen LogP contribution in [0.15, 0.2) is 48.8 Å². The molecule has 2 atom stereocenters. The van der Waals surface area contributed by atoms with Crippen molar-refractivity contribution < 1.29 is 9.59 Å². The van der Waals surface area contributed by atoms with Gasteiger partial charge in [0.25, 0.3) is 11.8 Å². The monoisotopic (exact) mass is 348 g/mol. The molecule has 0 saturated carbocycles. The molecular formula is C20H20N4O2. The molecule has 0 fully saturated rings. The number of carbonyl (C=O) groups excluding carboxylic acids is 2. The maximum absolute atomic E-state index is 12.6. The Morgan fingerprint density at radius 3 is 2.88 bits per heavy atom. The van der Waals surface area contributed by atoms with E-state index in [4.69, 9.17) is 0 Å². The highest BCUT2D eigenvalue weighted by molar-refractivity contribution is 6.07. The van der Waals surface area contributed by atoms with Crippen LogP contribution in [0, 0.1) is 5.92 Å². The Bertz CT molecular complexity index is 994. The van der Waals surface area contributed by atoms with Gasteiger partial charge in [0, 0.05) is 35.2 Å². The lowest BCUT2D eigenvalue weighted by Crippen LogP contribution is -2.26. The molecule has 0 spiro atoms. The number of nitrogens with one attached hydrogen (secondary N) is 2. The molecule has 3 heterocycles. The summed E-state index contributed by atoms with van der Waals surface area (Å²) in [6.07, 6.45) is 3.26. The van der Waals surface area contributed by atoms with Crippen molar-refractivity contribution in [3.63, 3.8) is 0 Å². The van der Waals surface area contributed by atoms with Crippen molar-refractivity contribution in [3.05, 3.63) is 60.0 Å². The SMILES string of the molecule is C[C@@H]1[C@@H](C)CNC(=O)c2cc3ccc(C(=O)Nc4cccnc4)cc3n21. The number of amides is 2. The Hall–Kier alpha value is -3.15. The van der Waals surface area contributed by atoms with Gasteiger partial charge in [-0.3, -0.25) is 14.6 Å². The zero-order valence-corrected chi connectivity index (χ0v) is 14.7. The first-order chi connectivity index (χ1) is 12.5. The van der Waals surface area contributed by atoms with Gasteiger partial charge in [-0.2, -0.15) is 0 Å². The Morgan fingerprint density at radius 2 is 2.12 bits per heavy atom. The van der Waals surface area contributed by atoms with E-state index in [1.54, 1.807) is 30.6 Å². The van der Waals surface area contributed by atoms with Gasteiger partial charge in [0.15, 0.2) is 0 Å². The number of anilines is 1. The number of aromatic nitrogens is 2. The van der Waals surface area contributed by atoms with Crippen molar-refractivity contribution in [1.82, 2.24) is 14.9 Å². The Balaban J connectivity index is 1.76. The normalized spacial score (nSPS) is 19.5. The van der Waals surface area contributed by atoms with Gasteiger partial charge in [0.1, 0.15) is 5.69 Å². The number of nitrogens with zero attached hydrogens (tertiary/aromatic N) is 2. The smallest absolute Gasteiger partial charge is 0.267 e. The van der Waals surface area contributed by atoms with Gasteiger partial charge in [0.05, 0.1) is 11.9 Å². The van der Waals surface area contributed by atoms with Crippen LogP contribution in [0.3, 0.4) is 0 Å². The molecule has 2 amide bonds. The fourth-order valence-electron chi connectivity index (χ4n) is 3.39. The highest BCUT2D eigenvalue weighted by Gasteiger charge is 2.27. The van der Waals surface area contributed by atoms with Crippen LogP contribution in [0.2, 0.25) is 0 Å². The fourth-order valence-corrected chi connectivity index (χ4v) is 3.39. The average Bonchev–Trinajstić information content (AvgIpc) is 3.00. The maximum Gasteiger partial charge on any atom is 0.267 e. The third-order valence-corrected chi connectivity index (χ3v) is 5.07. The lowest BCUT2D eigenvalue weighted by molar-refractivity contribution is 0.0948. The molecule has 6 heteroatoms. The molecule has 2 aromatic heterocycles. The fraction of sp³-hybridized carbons (Fsp3) is 0.250. The van der Waals surface area contributed by atoms with Gasteiger partial charge in [0.2, 0.25) is 0 Å². The van der Waals surface area contributed by atoms with E-state index in [0.717, 1.165) is 10.9 Å². The first-order valence-corrected chi connectivity index (χ1v) is 8.69. The number of pyridine rings is 1. The lowest BCUT2D eigenvalue weighted by Gasteiger charge is -2.20. The second kappa shape index (κ2) is 6.29. The third kappa shape index (κ3) is 2.73. The van der Waals surface area contributed by atoms with Crippen LogP contribution >= 0.6 is 0 Å². The third-order valence-electron chi connectivity index (χ3n) is 5.07. The molecular weight excluding hydrogens is 328 g/mol. The number of fused-ring (bicyclic) bond motifs is 3. The van der Waals surface area contributed by atoms with E-state index in [9.17, 15) is 9.59 Å². The first-order valence-electron chi connectivity index (χ1n) is 8.69. The summed E-state index contributed by atoms with van der Waals surface area (Å²) >= 11 is 0. The quantitative estimate of drug-likeness (QED) is 0.746. The molecule has 3 aromatic rings. The Kier molecular flexibility index (Phi) is 3.95. The van der Waals surface area contributed by atoms with Crippen molar-refractivity contribution in [2.24, 2.45) is 5.92 Å². The van der Waals surface area contributed by atoms with Gasteiger partial charge >= 0.3 is 0 Å². The minimum atomic E-state index is -0.200. The molecule has 0 bridgehead atoms. The van der Waals surface area contributed by atoms with E-state index in [1.165, 1.54) is 0 Å². The van der Waals surface area contributed by atoms with E-state index in [-0.39, 0.29) is 17.9 Å². The molecule has 1 aromatic carbocycles. The summed E-state index contributed by atoms with van der Waals surface area (Å²) in [5.74, 6) is 0.0247. The number of hydrogen-bond acceptors (Lipinski definition) is 3. The molecule has 26 heavy (non-hydrogen) atoms. The molecule has 4 rings (SSSR count). The summed E-state index contributed by atoms with van der Waals surface area (Å²) in [4.78, 5) is 29.0. The molecule has 0 unspecified atom stereocenters. The summed E-state index contributed by atoms with van der Waals surface area (Å²) in [5, 5.41) is 6.76. The van der Waals surface area contributed by atoms with Gasteiger partial charge in [-0.25, -0.2) is 0 Å². The highest BCUT2D eigenvalue weighted by atomic mass is 16.2. The zero-order chi connectivity index (χ0) is 18.3. The molecule has 6 nitrogen and oxygen atoms in total. The van der Waals surface area contributed by atoms with Crippen LogP contribution in [0.5, 0.6) is 0 Å². The largest absolute Gasteiger partial charge is 0.350 e. The van der Waals surface area contributed by atoms with Crippen molar-refractivity contribution in [2.45, 2.75) is 19.9 Å². The second-order valence-corrected chi connectivity index (χ2v) is 6.80. The van der Waals surface area contributed by atoms with E-state index < -0.39 is 0 Å². The second-order valence-electron chi connectivity index (χ2n) is 6.80. The number of rotatable bonds is 2. The van der Waals surface area contributed by atoms with Crippen molar-refractivity contribution in [3.8, 4) is 0 Å². The van der Waals surface area contributed by atoms with Crippen LogP contribution in [0.4, 0.5) is 5.69 Å². The molecule has 0 radical (unpaired) electrons. The molecule has 132 valence electrons. The van der Waals surface area contributed by atoms with Crippen molar-refractivity contribution >= 4 is 28.4 Å². The van der Waals surface area contributed by atoms with Crippen LogP contribution in [0.1, 0.15) is 40.7 Å². The summed E-state index contributed by atoms with van der Waals surface area (Å²) in [6, 6.07) is 11.1. The van der Waals surface area contributed by atoms with E-state index in [0.29, 0.717) is 29.4 Å². The topological polar surface area (TPSA) is 76.0 Å². The van der Waals surface area contributed by atoms with E-state index in [2.05, 4.69) is 29.5 Å². The molecule has 2 N–H and O–H groups in total. The molecule has 1 aliphatic rings. The van der Waals surface area contributed by atoms with Crippen LogP contribution in [0.25, 0.3) is 10.9 Å². The van der Waals surface area contributed by atoms with Gasteiger partial charge in [-0.15, -0.1) is 0 Å². The van der Waals surface area contributed by atoms with Gasteiger partial charge in [-0.1, -0.05) is 13.0 Å². The molecule has 0 saturated heterocycles. The number of carbonyl (C=O) groups is 2. The average molecular weight is 348 g/mol.